The molecule has 16 heavy (non-hydrogen) atoms. The molecule has 2 aromatic carbocycles. The Morgan fingerprint density at radius 2 is 1.56 bits per heavy atom. The summed E-state index contributed by atoms with van der Waals surface area (Å²) >= 11 is 0. The Balaban J connectivity index is 2.30. The van der Waals surface area contributed by atoms with Crippen LogP contribution in [0.15, 0.2) is 42.5 Å². The van der Waals surface area contributed by atoms with Crippen LogP contribution in [0.2, 0.25) is 0 Å². The van der Waals surface area contributed by atoms with Crippen LogP contribution in [-0.2, 0) is 0 Å². The Kier molecular flexibility index (Phi) is 2.72. The molecule has 3 N–H and O–H groups in total. The number of hydrogen-bond acceptors (Lipinski definition) is 2. The highest BCUT2D eigenvalue weighted by Gasteiger charge is 2.02. The van der Waals surface area contributed by atoms with Crippen molar-refractivity contribution < 1.29 is 8.78 Å². The van der Waals surface area contributed by atoms with Crippen molar-refractivity contribution in [2.75, 3.05) is 11.1 Å². The molecule has 0 aromatic heterocycles. The average Bonchev–Trinajstić information content (AvgIpc) is 2.20. The largest absolute Gasteiger partial charge is 0.397 e. The second kappa shape index (κ2) is 4.18. The zero-order valence-corrected chi connectivity index (χ0v) is 8.37. The summed E-state index contributed by atoms with van der Waals surface area (Å²) in [4.78, 5) is 0. The van der Waals surface area contributed by atoms with E-state index in [-0.39, 0.29) is 0 Å². The van der Waals surface area contributed by atoms with E-state index in [1.54, 1.807) is 24.3 Å². The van der Waals surface area contributed by atoms with Crippen LogP contribution >= 0.6 is 0 Å². The van der Waals surface area contributed by atoms with E-state index >= 15 is 0 Å². The molecular formula is C12H10F2N2. The Hall–Kier alpha value is -2.10. The van der Waals surface area contributed by atoms with Gasteiger partial charge in [-0.2, -0.15) is 0 Å². The maximum Gasteiger partial charge on any atom is 0.128 e. The molecule has 0 aliphatic rings. The minimum Gasteiger partial charge on any atom is -0.397 e. The number of para-hydroxylation sites is 2. The lowest BCUT2D eigenvalue weighted by atomic mass is 10.2. The first-order chi connectivity index (χ1) is 7.65. The fourth-order valence-corrected chi connectivity index (χ4v) is 1.39. The molecule has 0 aliphatic heterocycles. The molecule has 0 atom stereocenters. The molecule has 4 heteroatoms. The maximum atomic E-state index is 12.9. The molecule has 0 spiro atoms. The van der Waals surface area contributed by atoms with E-state index in [2.05, 4.69) is 5.32 Å². The Labute approximate surface area is 91.7 Å². The van der Waals surface area contributed by atoms with E-state index in [0.29, 0.717) is 17.1 Å². The predicted octanol–water partition coefficient (Wildman–Crippen LogP) is 3.29. The molecule has 2 rings (SSSR count). The predicted molar refractivity (Wildman–Crippen MR) is 60.5 cm³/mol. The van der Waals surface area contributed by atoms with Crippen molar-refractivity contribution in [3.8, 4) is 0 Å². The Morgan fingerprint density at radius 1 is 0.938 bits per heavy atom. The number of halogens is 2. The second-order valence-corrected chi connectivity index (χ2v) is 3.37. The molecule has 82 valence electrons. The third-order valence-electron chi connectivity index (χ3n) is 2.10. The fraction of sp³-hybridized carbons (Fsp3) is 0. The summed E-state index contributed by atoms with van der Waals surface area (Å²) < 4.78 is 25.8. The number of nitrogens with one attached hydrogen (secondary N) is 1. The van der Waals surface area contributed by atoms with Crippen molar-refractivity contribution in [1.82, 2.24) is 0 Å². The number of nitrogen functional groups attached to an aromatic ring is 1. The molecule has 0 bridgehead atoms. The van der Waals surface area contributed by atoms with Crippen molar-refractivity contribution >= 4 is 17.1 Å². The van der Waals surface area contributed by atoms with Gasteiger partial charge in [0.05, 0.1) is 11.4 Å². The molecule has 2 aromatic rings. The summed E-state index contributed by atoms with van der Waals surface area (Å²) in [5.41, 5.74) is 7.16. The fourth-order valence-electron chi connectivity index (χ4n) is 1.39. The van der Waals surface area contributed by atoms with Crippen molar-refractivity contribution in [1.29, 1.82) is 0 Å². The highest BCUT2D eigenvalue weighted by molar-refractivity contribution is 5.72. The first-order valence-corrected chi connectivity index (χ1v) is 4.73. The van der Waals surface area contributed by atoms with Crippen LogP contribution in [0, 0.1) is 11.6 Å². The van der Waals surface area contributed by atoms with E-state index in [0.717, 1.165) is 6.07 Å². The number of rotatable bonds is 2. The number of benzene rings is 2. The minimum atomic E-state index is -0.628. The second-order valence-electron chi connectivity index (χ2n) is 3.37. The summed E-state index contributed by atoms with van der Waals surface area (Å²) in [7, 11) is 0. The number of nitrogens with two attached hydrogens (primary N) is 1. The SMILES string of the molecule is Nc1ccccc1Nc1cc(F)cc(F)c1. The van der Waals surface area contributed by atoms with E-state index in [9.17, 15) is 8.78 Å². The summed E-state index contributed by atoms with van der Waals surface area (Å²) in [6.45, 7) is 0. The normalized spacial score (nSPS) is 10.1. The van der Waals surface area contributed by atoms with Gasteiger partial charge in [0.15, 0.2) is 0 Å². The standard InChI is InChI=1S/C12H10F2N2/c13-8-5-9(14)7-10(6-8)16-12-4-2-1-3-11(12)15/h1-7,16H,15H2. The van der Waals surface area contributed by atoms with Crippen LogP contribution in [0.3, 0.4) is 0 Å². The molecule has 0 unspecified atom stereocenters. The summed E-state index contributed by atoms with van der Waals surface area (Å²) in [6.07, 6.45) is 0. The number of hydrogen-bond donors (Lipinski definition) is 2. The van der Waals surface area contributed by atoms with Crippen LogP contribution < -0.4 is 11.1 Å². The molecule has 0 fully saturated rings. The van der Waals surface area contributed by atoms with Gasteiger partial charge >= 0.3 is 0 Å². The lowest BCUT2D eigenvalue weighted by Gasteiger charge is -2.09. The summed E-state index contributed by atoms with van der Waals surface area (Å²) in [5, 5.41) is 2.85. The Bertz CT molecular complexity index is 492. The van der Waals surface area contributed by atoms with Gasteiger partial charge in [0.25, 0.3) is 0 Å². The first-order valence-electron chi connectivity index (χ1n) is 4.73. The van der Waals surface area contributed by atoms with Gasteiger partial charge in [0.2, 0.25) is 0 Å². The lowest BCUT2D eigenvalue weighted by molar-refractivity contribution is 0.584. The smallest absolute Gasteiger partial charge is 0.128 e. The van der Waals surface area contributed by atoms with Gasteiger partial charge in [-0.25, -0.2) is 8.78 Å². The zero-order chi connectivity index (χ0) is 11.5. The van der Waals surface area contributed by atoms with E-state index < -0.39 is 11.6 Å². The van der Waals surface area contributed by atoms with Gasteiger partial charge in [-0.3, -0.25) is 0 Å². The van der Waals surface area contributed by atoms with Crippen LogP contribution in [-0.4, -0.2) is 0 Å². The van der Waals surface area contributed by atoms with Gasteiger partial charge < -0.3 is 11.1 Å². The van der Waals surface area contributed by atoms with E-state index in [1.807, 2.05) is 0 Å². The monoisotopic (exact) mass is 220 g/mol. The minimum absolute atomic E-state index is 0.329. The van der Waals surface area contributed by atoms with Gasteiger partial charge in [-0.1, -0.05) is 12.1 Å². The topological polar surface area (TPSA) is 38.0 Å². The van der Waals surface area contributed by atoms with Crippen molar-refractivity contribution in [2.24, 2.45) is 0 Å². The maximum absolute atomic E-state index is 12.9. The number of anilines is 3. The highest BCUT2D eigenvalue weighted by atomic mass is 19.1. The molecule has 2 nitrogen and oxygen atoms in total. The van der Waals surface area contributed by atoms with Crippen LogP contribution in [0.1, 0.15) is 0 Å². The molecule has 0 heterocycles. The molecule has 0 radical (unpaired) electrons. The van der Waals surface area contributed by atoms with Crippen molar-refractivity contribution in [3.63, 3.8) is 0 Å². The molecule has 0 aliphatic carbocycles. The third-order valence-corrected chi connectivity index (χ3v) is 2.10. The molecule has 0 saturated heterocycles. The molecule has 0 amide bonds. The first kappa shape index (κ1) is 10.4. The van der Waals surface area contributed by atoms with Gasteiger partial charge in [-0.05, 0) is 24.3 Å². The molecular weight excluding hydrogens is 210 g/mol. The van der Waals surface area contributed by atoms with Crippen molar-refractivity contribution in [3.05, 3.63) is 54.1 Å². The molecule has 0 saturated carbocycles. The van der Waals surface area contributed by atoms with Crippen LogP contribution in [0.4, 0.5) is 25.8 Å². The van der Waals surface area contributed by atoms with E-state index in [4.69, 9.17) is 5.73 Å². The van der Waals surface area contributed by atoms with Crippen molar-refractivity contribution in [2.45, 2.75) is 0 Å². The highest BCUT2D eigenvalue weighted by Crippen LogP contribution is 2.23. The zero-order valence-electron chi connectivity index (χ0n) is 8.37. The third kappa shape index (κ3) is 2.28. The van der Waals surface area contributed by atoms with Crippen LogP contribution in [0.5, 0.6) is 0 Å². The van der Waals surface area contributed by atoms with Crippen LogP contribution in [0.25, 0.3) is 0 Å². The van der Waals surface area contributed by atoms with Gasteiger partial charge in [-0.15, -0.1) is 0 Å². The van der Waals surface area contributed by atoms with Gasteiger partial charge in [0.1, 0.15) is 11.6 Å². The summed E-state index contributed by atoms with van der Waals surface area (Å²) in [5.74, 6) is -1.26. The van der Waals surface area contributed by atoms with E-state index in [1.165, 1.54) is 12.1 Å². The average molecular weight is 220 g/mol. The summed E-state index contributed by atoms with van der Waals surface area (Å²) in [6, 6.07) is 10.2. The van der Waals surface area contributed by atoms with Gasteiger partial charge in [0, 0.05) is 11.8 Å². The quantitative estimate of drug-likeness (QED) is 0.762. The lowest BCUT2D eigenvalue weighted by Crippen LogP contribution is -1.96. The Morgan fingerprint density at radius 3 is 2.19 bits per heavy atom.